The van der Waals surface area contributed by atoms with E-state index in [2.05, 4.69) is 5.32 Å². The van der Waals surface area contributed by atoms with Gasteiger partial charge in [-0.25, -0.2) is 8.42 Å². The van der Waals surface area contributed by atoms with Gasteiger partial charge >= 0.3 is 0 Å². The third-order valence-corrected chi connectivity index (χ3v) is 4.70. The highest BCUT2D eigenvalue weighted by molar-refractivity contribution is 7.92. The van der Waals surface area contributed by atoms with Crippen LogP contribution in [0.2, 0.25) is 0 Å². The first kappa shape index (κ1) is 13.2. The summed E-state index contributed by atoms with van der Waals surface area (Å²) < 4.78 is 22.2. The summed E-state index contributed by atoms with van der Waals surface area (Å²) in [6.45, 7) is 1.87. The van der Waals surface area contributed by atoms with E-state index in [9.17, 15) is 13.2 Å². The van der Waals surface area contributed by atoms with Crippen LogP contribution >= 0.6 is 11.3 Å². The maximum Gasteiger partial charge on any atom is 0.238 e. The standard InChI is InChI=1S/C10H15NO3S2/c1-8(16(2,13)14)10(12)11-6-5-9-4-3-7-15-9/h3-4,7-8H,5-6H2,1-2H3,(H,11,12). The molecule has 1 aromatic rings. The van der Waals surface area contributed by atoms with Crippen molar-refractivity contribution in [3.05, 3.63) is 22.4 Å². The monoisotopic (exact) mass is 261 g/mol. The van der Waals surface area contributed by atoms with Crippen molar-refractivity contribution in [1.82, 2.24) is 5.32 Å². The van der Waals surface area contributed by atoms with E-state index in [4.69, 9.17) is 0 Å². The molecular formula is C10H15NO3S2. The largest absolute Gasteiger partial charge is 0.355 e. The molecule has 1 N–H and O–H groups in total. The Hall–Kier alpha value is -0.880. The third kappa shape index (κ3) is 3.94. The van der Waals surface area contributed by atoms with Crippen LogP contribution in [0.15, 0.2) is 17.5 Å². The van der Waals surface area contributed by atoms with Gasteiger partial charge in [-0.2, -0.15) is 0 Å². The quantitative estimate of drug-likeness (QED) is 0.854. The number of amides is 1. The molecule has 0 aliphatic heterocycles. The summed E-state index contributed by atoms with van der Waals surface area (Å²) in [5.74, 6) is -0.431. The Morgan fingerprint density at radius 1 is 1.56 bits per heavy atom. The smallest absolute Gasteiger partial charge is 0.238 e. The highest BCUT2D eigenvalue weighted by Gasteiger charge is 2.22. The van der Waals surface area contributed by atoms with Crippen molar-refractivity contribution in [1.29, 1.82) is 0 Å². The predicted molar refractivity (Wildman–Crippen MR) is 65.3 cm³/mol. The first-order chi connectivity index (χ1) is 7.41. The summed E-state index contributed by atoms with van der Waals surface area (Å²) in [4.78, 5) is 12.6. The van der Waals surface area contributed by atoms with Gasteiger partial charge in [0.25, 0.3) is 0 Å². The van der Waals surface area contributed by atoms with Gasteiger partial charge in [0, 0.05) is 17.7 Å². The lowest BCUT2D eigenvalue weighted by Crippen LogP contribution is -2.38. The molecule has 0 bridgehead atoms. The van der Waals surface area contributed by atoms with Gasteiger partial charge in [0.2, 0.25) is 5.91 Å². The molecule has 1 unspecified atom stereocenters. The van der Waals surface area contributed by atoms with E-state index in [-0.39, 0.29) is 0 Å². The van der Waals surface area contributed by atoms with Crippen LogP contribution in [0.3, 0.4) is 0 Å². The minimum absolute atomic E-state index is 0.431. The predicted octanol–water partition coefficient (Wildman–Crippen LogP) is 0.840. The lowest BCUT2D eigenvalue weighted by atomic mass is 10.3. The van der Waals surface area contributed by atoms with Crippen LogP contribution in [0.25, 0.3) is 0 Å². The van der Waals surface area contributed by atoms with Gasteiger partial charge in [0.05, 0.1) is 0 Å². The van der Waals surface area contributed by atoms with Gasteiger partial charge < -0.3 is 5.32 Å². The number of sulfone groups is 1. The molecule has 0 fully saturated rings. The van der Waals surface area contributed by atoms with Gasteiger partial charge in [-0.15, -0.1) is 11.3 Å². The van der Waals surface area contributed by atoms with E-state index in [1.165, 1.54) is 11.8 Å². The molecule has 1 rings (SSSR count). The Morgan fingerprint density at radius 2 is 2.25 bits per heavy atom. The summed E-state index contributed by atoms with van der Waals surface area (Å²) >= 11 is 1.62. The van der Waals surface area contributed by atoms with Crippen molar-refractivity contribution in [2.45, 2.75) is 18.6 Å². The Kier molecular flexibility index (Phi) is 4.49. The van der Waals surface area contributed by atoms with Crippen molar-refractivity contribution in [2.24, 2.45) is 0 Å². The van der Waals surface area contributed by atoms with Crippen LogP contribution in [0.4, 0.5) is 0 Å². The molecule has 1 atom stereocenters. The lowest BCUT2D eigenvalue weighted by molar-refractivity contribution is -0.120. The van der Waals surface area contributed by atoms with E-state index in [1.54, 1.807) is 11.3 Å². The Labute approximate surface area is 99.6 Å². The molecule has 0 aliphatic rings. The summed E-state index contributed by atoms with van der Waals surface area (Å²) in [5.41, 5.74) is 0. The van der Waals surface area contributed by atoms with E-state index < -0.39 is 21.0 Å². The summed E-state index contributed by atoms with van der Waals surface area (Å²) in [7, 11) is -3.30. The molecule has 0 radical (unpaired) electrons. The second kappa shape index (κ2) is 5.45. The summed E-state index contributed by atoms with van der Waals surface area (Å²) in [6, 6.07) is 3.93. The molecule has 0 aromatic carbocycles. The first-order valence-electron chi connectivity index (χ1n) is 4.90. The first-order valence-corrected chi connectivity index (χ1v) is 7.73. The average Bonchev–Trinajstić information content (AvgIpc) is 2.67. The molecule has 6 heteroatoms. The van der Waals surface area contributed by atoms with Crippen LogP contribution in [-0.4, -0.2) is 32.4 Å². The number of carbonyl (C=O) groups is 1. The van der Waals surface area contributed by atoms with Gasteiger partial charge in [-0.1, -0.05) is 6.07 Å². The lowest BCUT2D eigenvalue weighted by Gasteiger charge is -2.09. The van der Waals surface area contributed by atoms with Gasteiger partial charge in [0.15, 0.2) is 9.84 Å². The van der Waals surface area contributed by atoms with Crippen molar-refractivity contribution >= 4 is 27.1 Å². The summed E-state index contributed by atoms with van der Waals surface area (Å²) in [5, 5.41) is 3.61. The third-order valence-electron chi connectivity index (χ3n) is 2.26. The minimum Gasteiger partial charge on any atom is -0.355 e. The molecule has 1 amide bonds. The zero-order valence-electron chi connectivity index (χ0n) is 9.26. The fraction of sp³-hybridized carbons (Fsp3) is 0.500. The van der Waals surface area contributed by atoms with Gasteiger partial charge in [0.1, 0.15) is 5.25 Å². The Balaban J connectivity index is 2.36. The van der Waals surface area contributed by atoms with Crippen LogP contribution < -0.4 is 5.32 Å². The fourth-order valence-corrected chi connectivity index (χ4v) is 2.28. The number of nitrogens with one attached hydrogen (secondary N) is 1. The molecule has 0 saturated heterocycles. The van der Waals surface area contributed by atoms with Crippen LogP contribution in [0.5, 0.6) is 0 Å². The molecule has 16 heavy (non-hydrogen) atoms. The highest BCUT2D eigenvalue weighted by atomic mass is 32.2. The van der Waals surface area contributed by atoms with Crippen molar-refractivity contribution in [3.63, 3.8) is 0 Å². The zero-order chi connectivity index (χ0) is 12.2. The molecule has 90 valence electrons. The maximum absolute atomic E-state index is 11.4. The minimum atomic E-state index is -3.30. The van der Waals surface area contributed by atoms with E-state index in [0.717, 1.165) is 12.7 Å². The molecule has 0 saturated carbocycles. The van der Waals surface area contributed by atoms with Crippen LogP contribution in [0.1, 0.15) is 11.8 Å². The normalized spacial score (nSPS) is 13.4. The van der Waals surface area contributed by atoms with Crippen LogP contribution in [-0.2, 0) is 21.1 Å². The second-order valence-electron chi connectivity index (χ2n) is 3.59. The van der Waals surface area contributed by atoms with Gasteiger partial charge in [-0.3, -0.25) is 4.79 Å². The van der Waals surface area contributed by atoms with Crippen LogP contribution in [0, 0.1) is 0 Å². The number of rotatable bonds is 5. The van der Waals surface area contributed by atoms with E-state index >= 15 is 0 Å². The van der Waals surface area contributed by atoms with E-state index in [0.29, 0.717) is 6.54 Å². The number of hydrogen-bond acceptors (Lipinski definition) is 4. The number of carbonyl (C=O) groups excluding carboxylic acids is 1. The van der Waals surface area contributed by atoms with E-state index in [1.807, 2.05) is 17.5 Å². The van der Waals surface area contributed by atoms with Crippen molar-refractivity contribution in [3.8, 4) is 0 Å². The molecule has 1 aromatic heterocycles. The second-order valence-corrected chi connectivity index (χ2v) is 6.99. The summed E-state index contributed by atoms with van der Waals surface area (Å²) in [6.07, 6.45) is 1.80. The Morgan fingerprint density at radius 3 is 2.75 bits per heavy atom. The average molecular weight is 261 g/mol. The molecule has 0 aliphatic carbocycles. The number of thiophene rings is 1. The number of hydrogen-bond donors (Lipinski definition) is 1. The zero-order valence-corrected chi connectivity index (χ0v) is 10.9. The maximum atomic E-state index is 11.4. The molecule has 0 spiro atoms. The molecule has 1 heterocycles. The van der Waals surface area contributed by atoms with Gasteiger partial charge in [-0.05, 0) is 24.8 Å². The fourth-order valence-electron chi connectivity index (χ4n) is 1.10. The molecular weight excluding hydrogens is 246 g/mol. The molecule has 4 nitrogen and oxygen atoms in total. The topological polar surface area (TPSA) is 63.2 Å². The highest BCUT2D eigenvalue weighted by Crippen LogP contribution is 2.08. The Bertz CT molecular complexity index is 437. The van der Waals surface area contributed by atoms with Crippen molar-refractivity contribution in [2.75, 3.05) is 12.8 Å². The van der Waals surface area contributed by atoms with Crippen molar-refractivity contribution < 1.29 is 13.2 Å². The SMILES string of the molecule is CC(C(=O)NCCc1cccs1)S(C)(=O)=O.